The van der Waals surface area contributed by atoms with E-state index in [1.165, 1.54) is 11.3 Å². The summed E-state index contributed by atoms with van der Waals surface area (Å²) in [5.41, 5.74) is 2.87. The quantitative estimate of drug-likeness (QED) is 0.398. The first-order valence-corrected chi connectivity index (χ1v) is 11.4. The molecule has 0 unspecified atom stereocenters. The first-order valence-electron chi connectivity index (χ1n) is 10.2. The predicted molar refractivity (Wildman–Crippen MR) is 133 cm³/mol. The Morgan fingerprint density at radius 1 is 1.10 bits per heavy atom. The number of carbonyl (C=O) groups excluding carboxylic acids is 1. The summed E-state index contributed by atoms with van der Waals surface area (Å²) in [4.78, 5) is 22.2. The molecule has 1 amide bonds. The van der Waals surface area contributed by atoms with Gasteiger partial charge in [-0.1, -0.05) is 55.0 Å². The molecule has 1 heterocycles. The summed E-state index contributed by atoms with van der Waals surface area (Å²) in [5.74, 6) is 0.807. The molecule has 0 atom stereocenters. The van der Waals surface area contributed by atoms with Crippen LogP contribution < -0.4 is 9.64 Å². The number of rotatable bonds is 9. The predicted octanol–water partition coefficient (Wildman–Crippen LogP) is 5.61. The van der Waals surface area contributed by atoms with Crippen molar-refractivity contribution in [2.75, 3.05) is 38.2 Å². The Hall–Kier alpha value is -1.86. The maximum absolute atomic E-state index is 13.3. The first-order chi connectivity index (χ1) is 14.5. The molecule has 0 N–H and O–H groups in total. The van der Waals surface area contributed by atoms with Crippen molar-refractivity contribution in [3.8, 4) is 5.75 Å². The second-order valence-electron chi connectivity index (χ2n) is 7.14. The number of fused-ring (bicyclic) bond motifs is 1. The van der Waals surface area contributed by atoms with Crippen LogP contribution in [0.1, 0.15) is 25.0 Å². The van der Waals surface area contributed by atoms with Crippen LogP contribution in [0, 0.1) is 6.92 Å². The Kier molecular flexibility index (Phi) is 9.56. The van der Waals surface area contributed by atoms with Crippen molar-refractivity contribution < 1.29 is 9.53 Å². The smallest absolute Gasteiger partial charge is 0.233 e. The van der Waals surface area contributed by atoms with Gasteiger partial charge in [-0.2, -0.15) is 0 Å². The average Bonchev–Trinajstić information content (AvgIpc) is 3.21. The zero-order chi connectivity index (χ0) is 21.7. The number of aryl methyl sites for hydroxylation is 1. The number of anilines is 1. The largest absolute Gasteiger partial charge is 0.497 e. The number of methoxy groups -OCH3 is 1. The third-order valence-corrected chi connectivity index (χ3v) is 6.81. The van der Waals surface area contributed by atoms with Crippen LogP contribution in [0.25, 0.3) is 10.2 Å². The molecule has 0 bridgehead atoms. The summed E-state index contributed by atoms with van der Waals surface area (Å²) in [5, 5.41) is 1.37. The van der Waals surface area contributed by atoms with E-state index < -0.39 is 0 Å². The highest BCUT2D eigenvalue weighted by atomic mass is 35.5. The van der Waals surface area contributed by atoms with E-state index in [0.29, 0.717) is 23.1 Å². The van der Waals surface area contributed by atoms with E-state index in [9.17, 15) is 4.79 Å². The lowest BCUT2D eigenvalue weighted by Crippen LogP contribution is -2.39. The molecule has 0 fully saturated rings. The van der Waals surface area contributed by atoms with E-state index in [2.05, 4.69) is 18.7 Å². The molecule has 31 heavy (non-hydrogen) atoms. The van der Waals surface area contributed by atoms with Crippen LogP contribution in [-0.2, 0) is 11.2 Å². The minimum atomic E-state index is 0. The van der Waals surface area contributed by atoms with Gasteiger partial charge < -0.3 is 9.64 Å². The van der Waals surface area contributed by atoms with Crippen molar-refractivity contribution in [2.24, 2.45) is 0 Å². The molecule has 3 aromatic rings. The molecular formula is C23H29Cl2N3O2S. The molecule has 168 valence electrons. The topological polar surface area (TPSA) is 45.7 Å². The molecule has 3 rings (SSSR count). The number of benzene rings is 2. The molecule has 0 spiro atoms. The Bertz CT molecular complexity index is 965. The van der Waals surface area contributed by atoms with Crippen LogP contribution in [0.15, 0.2) is 36.4 Å². The van der Waals surface area contributed by atoms with Crippen molar-refractivity contribution in [1.82, 2.24) is 9.88 Å². The Morgan fingerprint density at radius 2 is 1.77 bits per heavy atom. The lowest BCUT2D eigenvalue weighted by atomic mass is 10.1. The third-order valence-electron chi connectivity index (χ3n) is 5.27. The number of amides is 1. The van der Waals surface area contributed by atoms with Gasteiger partial charge in [0.15, 0.2) is 5.13 Å². The second kappa shape index (κ2) is 11.7. The maximum Gasteiger partial charge on any atom is 0.233 e. The van der Waals surface area contributed by atoms with Gasteiger partial charge in [0.1, 0.15) is 5.75 Å². The van der Waals surface area contributed by atoms with Gasteiger partial charge in [-0.05, 0) is 49.3 Å². The van der Waals surface area contributed by atoms with E-state index in [0.717, 1.165) is 46.7 Å². The van der Waals surface area contributed by atoms with Gasteiger partial charge in [0, 0.05) is 13.1 Å². The van der Waals surface area contributed by atoms with Gasteiger partial charge in [0.05, 0.1) is 28.8 Å². The van der Waals surface area contributed by atoms with Crippen molar-refractivity contribution >= 4 is 56.6 Å². The molecular weight excluding hydrogens is 453 g/mol. The second-order valence-corrected chi connectivity index (χ2v) is 8.52. The zero-order valence-electron chi connectivity index (χ0n) is 18.4. The van der Waals surface area contributed by atoms with Gasteiger partial charge >= 0.3 is 0 Å². The number of nitrogens with zero attached hydrogens (tertiary/aromatic N) is 3. The number of aromatic nitrogens is 1. The van der Waals surface area contributed by atoms with Crippen LogP contribution in [-0.4, -0.2) is 49.1 Å². The number of likely N-dealkylation sites (N-methyl/N-ethyl adjacent to an activating group) is 1. The van der Waals surface area contributed by atoms with E-state index in [-0.39, 0.29) is 18.3 Å². The molecule has 0 aliphatic heterocycles. The lowest BCUT2D eigenvalue weighted by molar-refractivity contribution is -0.118. The van der Waals surface area contributed by atoms with E-state index in [1.54, 1.807) is 7.11 Å². The highest BCUT2D eigenvalue weighted by molar-refractivity contribution is 7.23. The minimum Gasteiger partial charge on any atom is -0.497 e. The molecule has 0 radical (unpaired) electrons. The van der Waals surface area contributed by atoms with Crippen molar-refractivity contribution in [2.45, 2.75) is 27.2 Å². The van der Waals surface area contributed by atoms with Crippen LogP contribution in [0.4, 0.5) is 5.13 Å². The van der Waals surface area contributed by atoms with E-state index in [1.807, 2.05) is 48.2 Å². The lowest BCUT2D eigenvalue weighted by Gasteiger charge is -2.24. The van der Waals surface area contributed by atoms with E-state index >= 15 is 0 Å². The third kappa shape index (κ3) is 6.10. The Labute approximate surface area is 199 Å². The van der Waals surface area contributed by atoms with Gasteiger partial charge in [0.25, 0.3) is 0 Å². The minimum absolute atomic E-state index is 0. The van der Waals surface area contributed by atoms with Crippen molar-refractivity contribution in [3.63, 3.8) is 0 Å². The van der Waals surface area contributed by atoms with Gasteiger partial charge in [-0.15, -0.1) is 12.4 Å². The highest BCUT2D eigenvalue weighted by Crippen LogP contribution is 2.35. The molecule has 0 aliphatic carbocycles. The van der Waals surface area contributed by atoms with Crippen molar-refractivity contribution in [3.05, 3.63) is 52.5 Å². The van der Waals surface area contributed by atoms with Crippen LogP contribution in [0.2, 0.25) is 5.02 Å². The summed E-state index contributed by atoms with van der Waals surface area (Å²) in [6, 6.07) is 11.5. The summed E-state index contributed by atoms with van der Waals surface area (Å²) >= 11 is 7.89. The Morgan fingerprint density at radius 3 is 2.35 bits per heavy atom. The summed E-state index contributed by atoms with van der Waals surface area (Å²) in [6.45, 7) is 9.56. The fraction of sp³-hybridized carbons (Fsp3) is 0.391. The number of hydrogen-bond acceptors (Lipinski definition) is 5. The van der Waals surface area contributed by atoms with E-state index in [4.69, 9.17) is 21.3 Å². The monoisotopic (exact) mass is 481 g/mol. The number of carbonyl (C=O) groups is 1. The standard InChI is InChI=1S/C23H28ClN3O2S.ClH/c1-5-26(6-2)13-14-27(20(28)15-17-8-10-18(29-4)11-9-17)23-25-21-16(3)7-12-19(24)22(21)30-23;/h7-12H,5-6,13-15H2,1-4H3;1H. The summed E-state index contributed by atoms with van der Waals surface area (Å²) < 4.78 is 6.14. The molecule has 2 aromatic carbocycles. The number of ether oxygens (including phenoxy) is 1. The molecule has 5 nitrogen and oxygen atoms in total. The van der Waals surface area contributed by atoms with Crippen molar-refractivity contribution in [1.29, 1.82) is 0 Å². The molecule has 0 saturated heterocycles. The summed E-state index contributed by atoms with van der Waals surface area (Å²) in [7, 11) is 1.63. The molecule has 0 saturated carbocycles. The normalized spacial score (nSPS) is 10.9. The zero-order valence-corrected chi connectivity index (χ0v) is 20.7. The average molecular weight is 482 g/mol. The maximum atomic E-state index is 13.3. The highest BCUT2D eigenvalue weighted by Gasteiger charge is 2.22. The number of hydrogen-bond donors (Lipinski definition) is 0. The summed E-state index contributed by atoms with van der Waals surface area (Å²) in [6.07, 6.45) is 0.310. The molecule has 1 aromatic heterocycles. The van der Waals surface area contributed by atoms with Gasteiger partial charge in [-0.3, -0.25) is 9.69 Å². The number of halogens is 2. The molecule has 0 aliphatic rings. The van der Waals surface area contributed by atoms with Crippen LogP contribution in [0.3, 0.4) is 0 Å². The number of thiazole rings is 1. The fourth-order valence-electron chi connectivity index (χ4n) is 3.33. The SMILES string of the molecule is CCN(CC)CCN(C(=O)Cc1ccc(OC)cc1)c1nc2c(C)ccc(Cl)c2s1.Cl. The van der Waals surface area contributed by atoms with Crippen LogP contribution >= 0.6 is 35.3 Å². The fourth-order valence-corrected chi connectivity index (χ4v) is 4.69. The van der Waals surface area contributed by atoms with Gasteiger partial charge in [-0.25, -0.2) is 4.98 Å². The van der Waals surface area contributed by atoms with Gasteiger partial charge in [0.2, 0.25) is 5.91 Å². The molecule has 8 heteroatoms. The first kappa shape index (κ1) is 25.4. The van der Waals surface area contributed by atoms with Crippen LogP contribution in [0.5, 0.6) is 5.75 Å². The Balaban J connectivity index is 0.00000341.